The first kappa shape index (κ1) is 18.3. The van der Waals surface area contributed by atoms with Crippen molar-refractivity contribution in [3.8, 4) is 0 Å². The monoisotopic (exact) mass is 371 g/mol. The number of thiophene rings is 1. The zero-order valence-corrected chi connectivity index (χ0v) is 15.6. The van der Waals surface area contributed by atoms with E-state index in [0.717, 1.165) is 36.2 Å². The smallest absolute Gasteiger partial charge is 0.349 e. The largest absolute Gasteiger partial charge is 0.448 e. The third-order valence-corrected chi connectivity index (χ3v) is 5.66. The van der Waals surface area contributed by atoms with Crippen molar-refractivity contribution >= 4 is 29.0 Å². The molecule has 0 aliphatic heterocycles. The fourth-order valence-corrected chi connectivity index (χ4v) is 3.89. The number of fused-ring (bicyclic) bond motifs is 1. The number of ketones is 1. The number of benzene rings is 1. The summed E-state index contributed by atoms with van der Waals surface area (Å²) in [6.45, 7) is 3.00. The van der Waals surface area contributed by atoms with Gasteiger partial charge in [0.2, 0.25) is 0 Å². The molecule has 0 unspecified atom stereocenters. The number of hydrogen-bond donors (Lipinski definition) is 1. The lowest BCUT2D eigenvalue weighted by Gasteiger charge is -2.27. The summed E-state index contributed by atoms with van der Waals surface area (Å²) in [5.41, 5.74) is 2.39. The minimum absolute atomic E-state index is 0.0559. The maximum Gasteiger partial charge on any atom is 0.349 e. The van der Waals surface area contributed by atoms with E-state index in [1.165, 1.54) is 12.5 Å². The van der Waals surface area contributed by atoms with Gasteiger partial charge in [-0.1, -0.05) is 24.3 Å². The number of nitrogens with one attached hydrogen (secondary N) is 1. The molecule has 0 saturated heterocycles. The highest BCUT2D eigenvalue weighted by Crippen LogP contribution is 2.29. The van der Waals surface area contributed by atoms with Gasteiger partial charge in [-0.15, -0.1) is 11.3 Å². The van der Waals surface area contributed by atoms with E-state index < -0.39 is 12.1 Å². The first-order chi connectivity index (χ1) is 12.5. The molecule has 0 bridgehead atoms. The highest BCUT2D eigenvalue weighted by atomic mass is 32.1. The molecule has 1 N–H and O–H groups in total. The van der Waals surface area contributed by atoms with E-state index in [4.69, 9.17) is 4.74 Å². The average molecular weight is 371 g/mol. The lowest BCUT2D eigenvalue weighted by molar-refractivity contribution is -0.130. The standard InChI is InChI=1S/C20H21NO4S/c1-12(22)17-10-11-18(26-17)20(24)25-13(2)19(23)21-16-9-5-7-14-6-3-4-8-15(14)16/h3-4,6,8,10-11,13,16H,5,7,9H2,1-2H3,(H,21,23)/t13-,16+/m0/s1. The Bertz CT molecular complexity index is 842. The molecule has 1 aliphatic rings. The molecule has 6 heteroatoms. The Morgan fingerprint density at radius 3 is 2.62 bits per heavy atom. The normalized spacial score (nSPS) is 17.1. The molecule has 1 aromatic carbocycles. The van der Waals surface area contributed by atoms with Crippen LogP contribution in [-0.2, 0) is 16.0 Å². The number of Topliss-reactive ketones (excluding diaryl/α,β-unsaturated/α-hetero) is 1. The van der Waals surface area contributed by atoms with Crippen LogP contribution in [0.5, 0.6) is 0 Å². The van der Waals surface area contributed by atoms with Gasteiger partial charge in [0.15, 0.2) is 11.9 Å². The van der Waals surface area contributed by atoms with E-state index in [9.17, 15) is 14.4 Å². The summed E-state index contributed by atoms with van der Waals surface area (Å²) in [7, 11) is 0. The highest BCUT2D eigenvalue weighted by Gasteiger charge is 2.26. The molecular formula is C20H21NO4S. The summed E-state index contributed by atoms with van der Waals surface area (Å²) in [5.74, 6) is -1.01. The van der Waals surface area contributed by atoms with Crippen molar-refractivity contribution in [2.24, 2.45) is 0 Å². The molecule has 3 rings (SSSR count). The first-order valence-electron chi connectivity index (χ1n) is 8.65. The molecule has 1 aliphatic carbocycles. The summed E-state index contributed by atoms with van der Waals surface area (Å²) in [6.07, 6.45) is 2.00. The lowest BCUT2D eigenvalue weighted by atomic mass is 9.87. The number of carbonyl (C=O) groups excluding carboxylic acids is 3. The second-order valence-electron chi connectivity index (χ2n) is 6.42. The van der Waals surface area contributed by atoms with Gasteiger partial charge in [0, 0.05) is 0 Å². The van der Waals surface area contributed by atoms with Crippen molar-refractivity contribution in [1.82, 2.24) is 5.32 Å². The van der Waals surface area contributed by atoms with Gasteiger partial charge < -0.3 is 10.1 Å². The Hall–Kier alpha value is -2.47. The molecular weight excluding hydrogens is 350 g/mol. The minimum Gasteiger partial charge on any atom is -0.448 e. The van der Waals surface area contributed by atoms with Gasteiger partial charge in [0.05, 0.1) is 10.9 Å². The van der Waals surface area contributed by atoms with Crippen LogP contribution in [0.3, 0.4) is 0 Å². The summed E-state index contributed by atoms with van der Waals surface area (Å²) in [4.78, 5) is 36.8. The Labute approximate surface area is 156 Å². The minimum atomic E-state index is -0.903. The van der Waals surface area contributed by atoms with E-state index in [1.807, 2.05) is 18.2 Å². The SMILES string of the molecule is CC(=O)c1ccc(C(=O)O[C@@H](C)C(=O)N[C@@H]2CCCc3ccccc32)s1. The van der Waals surface area contributed by atoms with E-state index in [1.54, 1.807) is 19.1 Å². The van der Waals surface area contributed by atoms with Crippen LogP contribution in [0, 0.1) is 0 Å². The van der Waals surface area contributed by atoms with E-state index >= 15 is 0 Å². The fourth-order valence-electron chi connectivity index (χ4n) is 3.10. The van der Waals surface area contributed by atoms with Crippen LogP contribution in [0.4, 0.5) is 0 Å². The van der Waals surface area contributed by atoms with Gasteiger partial charge in [-0.3, -0.25) is 9.59 Å². The third-order valence-electron chi connectivity index (χ3n) is 4.49. The van der Waals surface area contributed by atoms with Crippen LogP contribution < -0.4 is 5.32 Å². The van der Waals surface area contributed by atoms with E-state index in [2.05, 4.69) is 11.4 Å². The van der Waals surface area contributed by atoms with Gasteiger partial charge in [-0.05, 0) is 56.4 Å². The Morgan fingerprint density at radius 1 is 1.15 bits per heavy atom. The van der Waals surface area contributed by atoms with Crippen molar-refractivity contribution in [1.29, 1.82) is 0 Å². The molecule has 0 radical (unpaired) electrons. The summed E-state index contributed by atoms with van der Waals surface area (Å²) in [5, 5.41) is 2.99. The van der Waals surface area contributed by atoms with Crippen molar-refractivity contribution < 1.29 is 19.1 Å². The topological polar surface area (TPSA) is 72.5 Å². The first-order valence-corrected chi connectivity index (χ1v) is 9.47. The zero-order valence-electron chi connectivity index (χ0n) is 14.8. The summed E-state index contributed by atoms with van der Waals surface area (Å²) in [6, 6.07) is 11.2. The van der Waals surface area contributed by atoms with Crippen molar-refractivity contribution in [2.75, 3.05) is 0 Å². The van der Waals surface area contributed by atoms with Gasteiger partial charge >= 0.3 is 5.97 Å². The van der Waals surface area contributed by atoms with Crippen LogP contribution >= 0.6 is 11.3 Å². The molecule has 5 nitrogen and oxygen atoms in total. The molecule has 1 heterocycles. The summed E-state index contributed by atoms with van der Waals surface area (Å²) < 4.78 is 5.27. The van der Waals surface area contributed by atoms with Gasteiger partial charge in [0.25, 0.3) is 5.91 Å². The Morgan fingerprint density at radius 2 is 1.88 bits per heavy atom. The fraction of sp³-hybridized carbons (Fsp3) is 0.350. The number of esters is 1. The molecule has 2 atom stereocenters. The van der Waals surface area contributed by atoms with Gasteiger partial charge in [-0.25, -0.2) is 4.79 Å². The molecule has 136 valence electrons. The average Bonchev–Trinajstić information content (AvgIpc) is 3.12. The third kappa shape index (κ3) is 4.02. The van der Waals surface area contributed by atoms with Crippen LogP contribution in [0.2, 0.25) is 0 Å². The molecule has 1 amide bonds. The van der Waals surface area contributed by atoms with Crippen LogP contribution in [-0.4, -0.2) is 23.8 Å². The van der Waals surface area contributed by atoms with Crippen LogP contribution in [0.25, 0.3) is 0 Å². The lowest BCUT2D eigenvalue weighted by Crippen LogP contribution is -2.39. The quantitative estimate of drug-likeness (QED) is 0.643. The molecule has 2 aromatic rings. The number of carbonyl (C=O) groups is 3. The second kappa shape index (κ2) is 7.83. The predicted molar refractivity (Wildman–Crippen MR) is 99.5 cm³/mol. The molecule has 0 spiro atoms. The molecule has 0 fully saturated rings. The Kier molecular flexibility index (Phi) is 5.52. The van der Waals surface area contributed by atoms with Gasteiger partial charge in [0.1, 0.15) is 4.88 Å². The van der Waals surface area contributed by atoms with E-state index in [-0.39, 0.29) is 17.7 Å². The van der Waals surface area contributed by atoms with Crippen molar-refractivity contribution in [3.05, 3.63) is 57.3 Å². The number of rotatable bonds is 5. The second-order valence-corrected chi connectivity index (χ2v) is 7.50. The zero-order chi connectivity index (χ0) is 18.7. The highest BCUT2D eigenvalue weighted by molar-refractivity contribution is 7.15. The maximum absolute atomic E-state index is 12.5. The van der Waals surface area contributed by atoms with Crippen LogP contribution in [0.1, 0.15) is 63.2 Å². The summed E-state index contributed by atoms with van der Waals surface area (Å²) >= 11 is 1.07. The molecule has 26 heavy (non-hydrogen) atoms. The number of amides is 1. The predicted octanol–water partition coefficient (Wildman–Crippen LogP) is 3.69. The van der Waals surface area contributed by atoms with Crippen molar-refractivity contribution in [3.63, 3.8) is 0 Å². The maximum atomic E-state index is 12.5. The van der Waals surface area contributed by atoms with Crippen LogP contribution in [0.15, 0.2) is 36.4 Å². The number of aryl methyl sites for hydroxylation is 1. The number of hydrogen-bond acceptors (Lipinski definition) is 5. The van der Waals surface area contributed by atoms with Crippen molar-refractivity contribution in [2.45, 2.75) is 45.3 Å². The van der Waals surface area contributed by atoms with Gasteiger partial charge in [-0.2, -0.15) is 0 Å². The molecule has 0 saturated carbocycles. The Balaban J connectivity index is 1.61. The molecule has 1 aromatic heterocycles. The number of ether oxygens (including phenoxy) is 1. The van der Waals surface area contributed by atoms with E-state index in [0.29, 0.717) is 9.75 Å².